The summed E-state index contributed by atoms with van der Waals surface area (Å²) in [7, 11) is 0. The van der Waals surface area contributed by atoms with Gasteiger partial charge in [-0.25, -0.2) is 0 Å². The van der Waals surface area contributed by atoms with E-state index in [0.717, 1.165) is 0 Å². The molecule has 0 atom stereocenters. The van der Waals surface area contributed by atoms with Gasteiger partial charge in [0.2, 0.25) is 5.82 Å². The lowest BCUT2D eigenvalue weighted by Gasteiger charge is -2.03. The first-order valence-corrected chi connectivity index (χ1v) is 4.58. The fourth-order valence-corrected chi connectivity index (χ4v) is 1.37. The van der Waals surface area contributed by atoms with Gasteiger partial charge in [0, 0.05) is 0 Å². The molecule has 0 unspecified atom stereocenters. The predicted octanol–water partition coefficient (Wildman–Crippen LogP) is 1.60. The van der Waals surface area contributed by atoms with Crippen molar-refractivity contribution in [2.45, 2.75) is 6.92 Å². The summed E-state index contributed by atoms with van der Waals surface area (Å²) in [5, 5.41) is 25.1. The number of hydrogen-bond donors (Lipinski definition) is 1. The molecule has 0 saturated carbocycles. The van der Waals surface area contributed by atoms with Gasteiger partial charge in [0.05, 0.1) is 10.6 Å². The topological polar surface area (TPSA) is 71.8 Å². The van der Waals surface area contributed by atoms with Crippen molar-refractivity contribution in [1.82, 2.24) is 20.4 Å². The highest BCUT2D eigenvalue weighted by Crippen LogP contribution is 2.32. The number of rotatable bonds is 1. The number of aryl methyl sites for hydroxylation is 1. The molecule has 0 saturated heterocycles. The summed E-state index contributed by atoms with van der Waals surface area (Å²) in [6.07, 6.45) is 0. The monoisotopic (exact) mass is 222 g/mol. The molecule has 1 aromatic carbocycles. The van der Waals surface area contributed by atoms with E-state index in [4.69, 9.17) is 11.6 Å². The summed E-state index contributed by atoms with van der Waals surface area (Å²) in [6.45, 7) is 1.68. The second-order valence-corrected chi connectivity index (χ2v) is 3.31. The molecule has 0 aliphatic heterocycles. The quantitative estimate of drug-likeness (QED) is 0.794. The lowest BCUT2D eigenvalue weighted by Crippen LogP contribution is -1.99. The number of aromatic hydroxyl groups is 1. The van der Waals surface area contributed by atoms with Gasteiger partial charge in [-0.05, 0) is 19.1 Å². The Bertz CT molecular complexity index is 466. The maximum Gasteiger partial charge on any atom is 0.208 e. The van der Waals surface area contributed by atoms with Crippen LogP contribution in [0.4, 0.5) is 0 Å². The van der Waals surface area contributed by atoms with Crippen molar-refractivity contribution in [3.63, 3.8) is 0 Å². The van der Waals surface area contributed by atoms with Crippen molar-refractivity contribution in [2.24, 2.45) is 0 Å². The average Bonchev–Trinajstić information content (AvgIpc) is 2.20. The van der Waals surface area contributed by atoms with E-state index in [9.17, 15) is 5.11 Å². The Morgan fingerprint density at radius 1 is 1.13 bits per heavy atom. The highest BCUT2D eigenvalue weighted by Gasteiger charge is 2.12. The van der Waals surface area contributed by atoms with Gasteiger partial charge in [-0.3, -0.25) is 0 Å². The van der Waals surface area contributed by atoms with Crippen LogP contribution in [0, 0.1) is 6.92 Å². The van der Waals surface area contributed by atoms with E-state index in [-0.39, 0.29) is 11.6 Å². The van der Waals surface area contributed by atoms with Gasteiger partial charge < -0.3 is 5.11 Å². The second-order valence-electron chi connectivity index (χ2n) is 2.90. The Balaban J connectivity index is 2.58. The van der Waals surface area contributed by atoms with Gasteiger partial charge in [0.1, 0.15) is 5.75 Å². The molecule has 6 heteroatoms. The summed E-state index contributed by atoms with van der Waals surface area (Å²) in [5.74, 6) is 0.684. The first-order valence-electron chi connectivity index (χ1n) is 4.20. The molecule has 0 radical (unpaired) electrons. The van der Waals surface area contributed by atoms with Crippen LogP contribution in [0.2, 0.25) is 5.02 Å². The Kier molecular flexibility index (Phi) is 2.47. The van der Waals surface area contributed by atoms with Gasteiger partial charge in [-0.2, -0.15) is 0 Å². The molecule has 0 fully saturated rings. The maximum absolute atomic E-state index is 9.59. The Morgan fingerprint density at radius 3 is 2.40 bits per heavy atom. The highest BCUT2D eigenvalue weighted by atomic mass is 35.5. The van der Waals surface area contributed by atoms with Gasteiger partial charge in [-0.1, -0.05) is 17.7 Å². The van der Waals surface area contributed by atoms with E-state index in [2.05, 4.69) is 20.4 Å². The van der Waals surface area contributed by atoms with E-state index in [1.165, 1.54) is 6.07 Å². The molecule has 1 aromatic heterocycles. The zero-order valence-corrected chi connectivity index (χ0v) is 8.60. The molecular formula is C9H7ClN4O. The molecule has 0 aliphatic rings. The van der Waals surface area contributed by atoms with Crippen LogP contribution in [0.3, 0.4) is 0 Å². The fraction of sp³-hybridized carbons (Fsp3) is 0.111. The van der Waals surface area contributed by atoms with Gasteiger partial charge in [0.15, 0.2) is 5.82 Å². The van der Waals surface area contributed by atoms with Crippen LogP contribution >= 0.6 is 11.6 Å². The molecule has 0 aliphatic carbocycles. The molecule has 76 valence electrons. The molecule has 1 N–H and O–H groups in total. The normalized spacial score (nSPS) is 10.3. The third-order valence-electron chi connectivity index (χ3n) is 1.79. The number of hydrogen-bond acceptors (Lipinski definition) is 5. The molecule has 0 spiro atoms. The smallest absolute Gasteiger partial charge is 0.208 e. The highest BCUT2D eigenvalue weighted by molar-refractivity contribution is 6.33. The number of benzene rings is 1. The van der Waals surface area contributed by atoms with Gasteiger partial charge in [-0.15, -0.1) is 20.4 Å². The van der Waals surface area contributed by atoms with Crippen molar-refractivity contribution in [2.75, 3.05) is 0 Å². The number of halogens is 1. The van der Waals surface area contributed by atoms with Crippen LogP contribution in [0.1, 0.15) is 5.82 Å². The van der Waals surface area contributed by atoms with Crippen LogP contribution in [-0.4, -0.2) is 25.5 Å². The average molecular weight is 223 g/mol. The van der Waals surface area contributed by atoms with E-state index in [1.54, 1.807) is 19.1 Å². The largest absolute Gasteiger partial charge is 0.507 e. The lowest BCUT2D eigenvalue weighted by atomic mass is 10.2. The number of nitrogens with zero attached hydrogens (tertiary/aromatic N) is 4. The van der Waals surface area contributed by atoms with Crippen LogP contribution in [0.25, 0.3) is 11.4 Å². The second kappa shape index (κ2) is 3.78. The van der Waals surface area contributed by atoms with Gasteiger partial charge in [0.25, 0.3) is 0 Å². The van der Waals surface area contributed by atoms with Crippen LogP contribution in [0.5, 0.6) is 5.75 Å². The molecule has 2 aromatic rings. The van der Waals surface area contributed by atoms with E-state index in [1.807, 2.05) is 0 Å². The summed E-state index contributed by atoms with van der Waals surface area (Å²) in [6, 6.07) is 4.78. The first kappa shape index (κ1) is 9.79. The maximum atomic E-state index is 9.59. The predicted molar refractivity (Wildman–Crippen MR) is 54.5 cm³/mol. The molecule has 0 bridgehead atoms. The summed E-state index contributed by atoms with van der Waals surface area (Å²) in [5.41, 5.74) is 0.346. The minimum absolute atomic E-state index is 0.00922. The Labute approximate surface area is 90.8 Å². The van der Waals surface area contributed by atoms with Crippen LogP contribution < -0.4 is 0 Å². The third kappa shape index (κ3) is 1.87. The van der Waals surface area contributed by atoms with E-state index < -0.39 is 0 Å². The molecule has 5 nitrogen and oxygen atoms in total. The summed E-state index contributed by atoms with van der Waals surface area (Å²) in [4.78, 5) is 0. The van der Waals surface area contributed by atoms with Gasteiger partial charge >= 0.3 is 0 Å². The summed E-state index contributed by atoms with van der Waals surface area (Å²) < 4.78 is 0. The number of aromatic nitrogens is 4. The lowest BCUT2D eigenvalue weighted by molar-refractivity contribution is 0.476. The van der Waals surface area contributed by atoms with Crippen LogP contribution in [-0.2, 0) is 0 Å². The molecule has 1 heterocycles. The minimum atomic E-state index is 0.00922. The zero-order valence-electron chi connectivity index (χ0n) is 7.85. The van der Waals surface area contributed by atoms with E-state index >= 15 is 0 Å². The fourth-order valence-electron chi connectivity index (χ4n) is 1.11. The van der Waals surface area contributed by atoms with Crippen molar-refractivity contribution >= 4 is 11.6 Å². The van der Waals surface area contributed by atoms with Crippen molar-refractivity contribution in [3.8, 4) is 17.1 Å². The van der Waals surface area contributed by atoms with Crippen molar-refractivity contribution < 1.29 is 5.11 Å². The molecule has 15 heavy (non-hydrogen) atoms. The first-order chi connectivity index (χ1) is 7.18. The number of phenolic OH excluding ortho intramolecular Hbond substituents is 1. The van der Waals surface area contributed by atoms with Crippen molar-refractivity contribution in [1.29, 1.82) is 0 Å². The number of phenols is 1. The van der Waals surface area contributed by atoms with Crippen molar-refractivity contribution in [3.05, 3.63) is 29.0 Å². The minimum Gasteiger partial charge on any atom is -0.507 e. The Hall–Kier alpha value is -1.75. The molecule has 0 amide bonds. The van der Waals surface area contributed by atoms with Crippen LogP contribution in [0.15, 0.2) is 18.2 Å². The molecular weight excluding hydrogens is 216 g/mol. The summed E-state index contributed by atoms with van der Waals surface area (Å²) >= 11 is 5.91. The van der Waals surface area contributed by atoms with E-state index in [0.29, 0.717) is 16.4 Å². The molecule has 2 rings (SSSR count). The zero-order chi connectivity index (χ0) is 10.8. The Morgan fingerprint density at radius 2 is 1.80 bits per heavy atom. The third-order valence-corrected chi connectivity index (χ3v) is 2.11. The SMILES string of the molecule is Cc1nnc(-c2c(O)cccc2Cl)nn1. The standard InChI is InChI=1S/C9H7ClN4O/c1-5-11-13-9(14-12-5)8-6(10)3-2-4-7(8)15/h2-4,15H,1H3.